The number of aryl methyl sites for hydroxylation is 1. The van der Waals surface area contributed by atoms with Crippen molar-refractivity contribution in [1.29, 1.82) is 0 Å². The van der Waals surface area contributed by atoms with E-state index in [4.69, 9.17) is 4.98 Å². The molecule has 0 aliphatic rings. The van der Waals surface area contributed by atoms with E-state index in [2.05, 4.69) is 29.2 Å². The molecule has 0 atom stereocenters. The molecule has 0 saturated carbocycles. The van der Waals surface area contributed by atoms with Gasteiger partial charge in [0.1, 0.15) is 13.7 Å². The van der Waals surface area contributed by atoms with Gasteiger partial charge in [0, 0.05) is 27.9 Å². The molecule has 0 amide bonds. The number of nitrogens with one attached hydrogen (secondary N) is 1. The van der Waals surface area contributed by atoms with Crippen molar-refractivity contribution in [3.05, 3.63) is 103 Å². The third-order valence-corrected chi connectivity index (χ3v) is 8.82. The van der Waals surface area contributed by atoms with Gasteiger partial charge in [-0.2, -0.15) is 0 Å². The van der Waals surface area contributed by atoms with Crippen LogP contribution < -0.4 is 5.46 Å². The first-order chi connectivity index (χ1) is 17.9. The van der Waals surface area contributed by atoms with Crippen molar-refractivity contribution in [1.82, 2.24) is 13.9 Å². The smallest absolute Gasteiger partial charge is 0.268 e. The largest absolute Gasteiger partial charge is 0.337 e. The second-order valence-corrected chi connectivity index (χ2v) is 11.4. The Labute approximate surface area is 214 Å². The zero-order valence-corrected chi connectivity index (χ0v) is 21.2. The van der Waals surface area contributed by atoms with Crippen molar-refractivity contribution in [3.63, 3.8) is 0 Å². The SMILES string of the molecule is Bc1ccc2c(c1)c(-c1nc3c4ccccc4c4ccccc4c3[nH]1)cn2S(=O)(=O)c1ccc(C)cc1. The number of fused-ring (bicyclic) bond motifs is 7. The third kappa shape index (κ3) is 3.24. The molecule has 0 unspecified atom stereocenters. The molecule has 178 valence electrons. The summed E-state index contributed by atoms with van der Waals surface area (Å²) in [7, 11) is -1.80. The Morgan fingerprint density at radius 2 is 1.43 bits per heavy atom. The van der Waals surface area contributed by atoms with Crippen LogP contribution in [0, 0.1) is 6.92 Å². The molecule has 37 heavy (non-hydrogen) atoms. The molecule has 0 aliphatic carbocycles. The molecule has 1 N–H and O–H groups in total. The van der Waals surface area contributed by atoms with E-state index in [1.807, 2.05) is 69.4 Å². The molecule has 7 heteroatoms. The molecule has 2 aromatic heterocycles. The van der Waals surface area contributed by atoms with Crippen LogP contribution in [0.4, 0.5) is 0 Å². The first kappa shape index (κ1) is 21.9. The number of aromatic nitrogens is 3. The van der Waals surface area contributed by atoms with E-state index in [0.717, 1.165) is 54.6 Å². The average molecular weight is 499 g/mol. The van der Waals surface area contributed by atoms with Crippen LogP contribution in [-0.4, -0.2) is 30.2 Å². The quantitative estimate of drug-likeness (QED) is 0.265. The molecule has 2 heterocycles. The number of rotatable bonds is 3. The maximum Gasteiger partial charge on any atom is 0.268 e. The molecular weight excluding hydrogens is 477 g/mol. The van der Waals surface area contributed by atoms with E-state index >= 15 is 0 Å². The van der Waals surface area contributed by atoms with Crippen molar-refractivity contribution in [2.75, 3.05) is 0 Å². The molecule has 0 fully saturated rings. The molecule has 0 aliphatic heterocycles. The lowest BCUT2D eigenvalue weighted by atomic mass is 9.94. The van der Waals surface area contributed by atoms with Crippen LogP contribution in [0.3, 0.4) is 0 Å². The van der Waals surface area contributed by atoms with E-state index in [9.17, 15) is 8.42 Å². The van der Waals surface area contributed by atoms with Gasteiger partial charge in [-0.05, 0) is 35.9 Å². The predicted octanol–water partition coefficient (Wildman–Crippen LogP) is 5.29. The number of imidazole rings is 1. The van der Waals surface area contributed by atoms with Gasteiger partial charge >= 0.3 is 0 Å². The van der Waals surface area contributed by atoms with Crippen molar-refractivity contribution in [3.8, 4) is 11.4 Å². The molecular formula is C30H22BN3O2S. The second-order valence-electron chi connectivity index (χ2n) is 9.58. The van der Waals surface area contributed by atoms with Crippen molar-refractivity contribution in [2.24, 2.45) is 0 Å². The third-order valence-electron chi connectivity index (χ3n) is 7.13. The summed E-state index contributed by atoms with van der Waals surface area (Å²) >= 11 is 0. The summed E-state index contributed by atoms with van der Waals surface area (Å²) in [6, 6.07) is 29.3. The summed E-state index contributed by atoms with van der Waals surface area (Å²) in [5.41, 5.74) is 5.24. The van der Waals surface area contributed by atoms with E-state index in [0.29, 0.717) is 11.3 Å². The van der Waals surface area contributed by atoms with Crippen LogP contribution >= 0.6 is 0 Å². The molecule has 5 nitrogen and oxygen atoms in total. The van der Waals surface area contributed by atoms with Crippen LogP contribution in [0.5, 0.6) is 0 Å². The normalized spacial score (nSPS) is 12.2. The topological polar surface area (TPSA) is 67.8 Å². The fourth-order valence-corrected chi connectivity index (χ4v) is 6.65. The first-order valence-electron chi connectivity index (χ1n) is 12.2. The lowest BCUT2D eigenvalue weighted by molar-refractivity contribution is 0.589. The Balaban J connectivity index is 1.54. The van der Waals surface area contributed by atoms with Gasteiger partial charge in [0.15, 0.2) is 0 Å². The maximum absolute atomic E-state index is 13.7. The first-order valence-corrected chi connectivity index (χ1v) is 13.6. The van der Waals surface area contributed by atoms with E-state index < -0.39 is 10.0 Å². The molecule has 0 spiro atoms. The van der Waals surface area contributed by atoms with Gasteiger partial charge in [-0.1, -0.05) is 83.8 Å². The number of aromatic amines is 1. The summed E-state index contributed by atoms with van der Waals surface area (Å²) in [4.78, 5) is 8.86. The highest BCUT2D eigenvalue weighted by Crippen LogP contribution is 2.37. The van der Waals surface area contributed by atoms with E-state index in [-0.39, 0.29) is 4.90 Å². The summed E-state index contributed by atoms with van der Waals surface area (Å²) in [6.07, 6.45) is 1.70. The summed E-state index contributed by atoms with van der Waals surface area (Å²) in [5.74, 6) is 0.643. The fourth-order valence-electron chi connectivity index (χ4n) is 5.28. The van der Waals surface area contributed by atoms with Crippen molar-refractivity contribution >= 4 is 66.8 Å². The molecule has 0 saturated heterocycles. The summed E-state index contributed by atoms with van der Waals surface area (Å²) < 4.78 is 28.9. The number of hydrogen-bond acceptors (Lipinski definition) is 3. The lowest BCUT2D eigenvalue weighted by Gasteiger charge is -2.08. The van der Waals surface area contributed by atoms with Crippen LogP contribution in [0.15, 0.2) is 102 Å². The van der Waals surface area contributed by atoms with E-state index in [1.165, 1.54) is 3.97 Å². The zero-order chi connectivity index (χ0) is 25.3. The van der Waals surface area contributed by atoms with Gasteiger partial charge in [-0.15, -0.1) is 0 Å². The number of hydrogen-bond donors (Lipinski definition) is 1. The molecule has 0 bridgehead atoms. The zero-order valence-electron chi connectivity index (χ0n) is 20.4. The van der Waals surface area contributed by atoms with Crippen molar-refractivity contribution in [2.45, 2.75) is 11.8 Å². The van der Waals surface area contributed by atoms with Gasteiger partial charge in [-0.25, -0.2) is 17.4 Å². The number of nitrogens with zero attached hydrogens (tertiary/aromatic N) is 2. The van der Waals surface area contributed by atoms with Crippen LogP contribution in [-0.2, 0) is 10.0 Å². The van der Waals surface area contributed by atoms with Crippen LogP contribution in [0.1, 0.15) is 5.56 Å². The Morgan fingerprint density at radius 1 is 0.784 bits per heavy atom. The number of benzene rings is 5. The minimum atomic E-state index is -3.81. The minimum absolute atomic E-state index is 0.253. The fraction of sp³-hybridized carbons (Fsp3) is 0.0333. The maximum atomic E-state index is 13.7. The number of H-pyrrole nitrogens is 1. The highest BCUT2D eigenvalue weighted by atomic mass is 32.2. The molecule has 5 aromatic carbocycles. The molecule has 7 aromatic rings. The Morgan fingerprint density at radius 3 is 2.16 bits per heavy atom. The summed E-state index contributed by atoms with van der Waals surface area (Å²) in [5, 5.41) is 5.28. The lowest BCUT2D eigenvalue weighted by Crippen LogP contribution is -2.12. The highest BCUT2D eigenvalue weighted by Gasteiger charge is 2.24. The van der Waals surface area contributed by atoms with Gasteiger partial charge < -0.3 is 4.98 Å². The van der Waals surface area contributed by atoms with Gasteiger partial charge in [0.05, 0.1) is 21.4 Å². The standard InChI is InChI=1S/C30H22BN3O2S/c1-18-10-13-20(14-11-18)37(35,36)34-17-26(25-16-19(31)12-15-27(25)34)30-32-28-23-8-4-2-6-21(23)22-7-3-5-9-24(22)29(28)33-30/h2-17H,31H2,1H3,(H,32,33). The Hall–Kier alpha value is -4.36. The summed E-state index contributed by atoms with van der Waals surface area (Å²) in [6.45, 7) is 1.94. The van der Waals surface area contributed by atoms with Gasteiger partial charge in [0.2, 0.25) is 0 Å². The van der Waals surface area contributed by atoms with Crippen LogP contribution in [0.25, 0.3) is 54.9 Å². The molecule has 0 radical (unpaired) electrons. The van der Waals surface area contributed by atoms with E-state index in [1.54, 1.807) is 18.3 Å². The second kappa shape index (κ2) is 7.82. The van der Waals surface area contributed by atoms with Crippen LogP contribution in [0.2, 0.25) is 0 Å². The minimum Gasteiger partial charge on any atom is -0.337 e. The predicted molar refractivity (Wildman–Crippen MR) is 154 cm³/mol. The molecule has 7 rings (SSSR count). The highest BCUT2D eigenvalue weighted by molar-refractivity contribution is 7.90. The van der Waals surface area contributed by atoms with Gasteiger partial charge in [-0.3, -0.25) is 0 Å². The average Bonchev–Trinajstić information content (AvgIpc) is 3.52. The monoisotopic (exact) mass is 499 g/mol. The van der Waals surface area contributed by atoms with Gasteiger partial charge in [0.25, 0.3) is 10.0 Å². The Kier molecular flexibility index (Phi) is 4.63. The Bertz CT molecular complexity index is 2050. The van der Waals surface area contributed by atoms with Crippen molar-refractivity contribution < 1.29 is 8.42 Å².